The van der Waals surface area contributed by atoms with Crippen LogP contribution in [0.4, 0.5) is 0 Å². The van der Waals surface area contributed by atoms with Crippen molar-refractivity contribution in [3.8, 4) is 0 Å². The van der Waals surface area contributed by atoms with Gasteiger partial charge in [0.15, 0.2) is 0 Å². The van der Waals surface area contributed by atoms with Crippen LogP contribution < -0.4 is 11.1 Å². The van der Waals surface area contributed by atoms with Gasteiger partial charge in [-0.2, -0.15) is 0 Å². The Balaban J connectivity index is 2.50. The topological polar surface area (TPSA) is 41.3 Å². The van der Waals surface area contributed by atoms with Crippen molar-refractivity contribution < 1.29 is 0 Å². The Morgan fingerprint density at radius 2 is 2.15 bits per heavy atom. The number of allylic oxidation sites excluding steroid dienone is 2. The first-order chi connectivity index (χ1) is 6.38. The van der Waals surface area contributed by atoms with Crippen LogP contribution in [-0.4, -0.2) is 37.6 Å². The summed E-state index contributed by atoms with van der Waals surface area (Å²) in [5.74, 6) is 0. The number of hydrogen-bond acceptors (Lipinski definition) is 3. The van der Waals surface area contributed by atoms with Crippen LogP contribution in [0, 0.1) is 0 Å². The molecule has 3 heteroatoms. The standard InChI is InChI=1S/C10H19N3/c1-2-10(4-3-5-11)13-8-6-12-7-9-13/h2-4,12H,5-9,11H2,1H3/b4-3-,10-2+. The van der Waals surface area contributed by atoms with Crippen molar-refractivity contribution in [2.45, 2.75) is 6.92 Å². The monoisotopic (exact) mass is 181 g/mol. The van der Waals surface area contributed by atoms with Gasteiger partial charge in [0.2, 0.25) is 0 Å². The number of hydrogen-bond donors (Lipinski definition) is 2. The summed E-state index contributed by atoms with van der Waals surface area (Å²) in [7, 11) is 0. The minimum atomic E-state index is 0.615. The third-order valence-corrected chi connectivity index (χ3v) is 2.20. The Morgan fingerprint density at radius 1 is 1.46 bits per heavy atom. The number of nitrogens with one attached hydrogen (secondary N) is 1. The van der Waals surface area contributed by atoms with E-state index >= 15 is 0 Å². The maximum absolute atomic E-state index is 5.42. The average molecular weight is 181 g/mol. The Labute approximate surface area is 80.3 Å². The van der Waals surface area contributed by atoms with E-state index in [-0.39, 0.29) is 0 Å². The molecule has 0 atom stereocenters. The van der Waals surface area contributed by atoms with Gasteiger partial charge in [0, 0.05) is 38.4 Å². The van der Waals surface area contributed by atoms with Gasteiger partial charge in [-0.25, -0.2) is 0 Å². The molecule has 0 radical (unpaired) electrons. The Kier molecular flexibility index (Phi) is 4.57. The van der Waals surface area contributed by atoms with Crippen molar-refractivity contribution in [2.24, 2.45) is 5.73 Å². The van der Waals surface area contributed by atoms with Crippen molar-refractivity contribution in [3.63, 3.8) is 0 Å². The van der Waals surface area contributed by atoms with Crippen molar-refractivity contribution in [1.29, 1.82) is 0 Å². The number of nitrogens with zero attached hydrogens (tertiary/aromatic N) is 1. The summed E-state index contributed by atoms with van der Waals surface area (Å²) in [5, 5.41) is 3.33. The first kappa shape index (κ1) is 10.3. The van der Waals surface area contributed by atoms with Crippen LogP contribution >= 0.6 is 0 Å². The molecule has 1 fully saturated rings. The minimum absolute atomic E-state index is 0.615. The van der Waals surface area contributed by atoms with Crippen LogP contribution in [0.2, 0.25) is 0 Å². The highest BCUT2D eigenvalue weighted by Crippen LogP contribution is 2.06. The first-order valence-corrected chi connectivity index (χ1v) is 4.87. The van der Waals surface area contributed by atoms with E-state index in [0.29, 0.717) is 6.54 Å². The fourth-order valence-electron chi connectivity index (χ4n) is 1.50. The van der Waals surface area contributed by atoms with Gasteiger partial charge >= 0.3 is 0 Å². The van der Waals surface area contributed by atoms with Crippen LogP contribution in [0.25, 0.3) is 0 Å². The molecule has 3 N–H and O–H groups in total. The third kappa shape index (κ3) is 3.20. The van der Waals surface area contributed by atoms with Gasteiger partial charge in [0.25, 0.3) is 0 Å². The lowest BCUT2D eigenvalue weighted by Crippen LogP contribution is -2.42. The molecule has 13 heavy (non-hydrogen) atoms. The quantitative estimate of drug-likeness (QED) is 0.616. The van der Waals surface area contributed by atoms with Gasteiger partial charge in [-0.1, -0.05) is 12.2 Å². The van der Waals surface area contributed by atoms with E-state index in [9.17, 15) is 0 Å². The van der Waals surface area contributed by atoms with Crippen LogP contribution in [-0.2, 0) is 0 Å². The summed E-state index contributed by atoms with van der Waals surface area (Å²) in [6.45, 7) is 7.02. The number of piperazine rings is 1. The molecule has 1 rings (SSSR count). The predicted molar refractivity (Wildman–Crippen MR) is 56.4 cm³/mol. The fourth-order valence-corrected chi connectivity index (χ4v) is 1.50. The second kappa shape index (κ2) is 5.78. The number of nitrogens with two attached hydrogens (primary N) is 1. The summed E-state index contributed by atoms with van der Waals surface area (Å²) in [5.41, 5.74) is 6.70. The van der Waals surface area contributed by atoms with Gasteiger partial charge in [-0.05, 0) is 13.0 Å². The second-order valence-electron chi connectivity index (χ2n) is 3.09. The zero-order valence-electron chi connectivity index (χ0n) is 8.29. The zero-order valence-corrected chi connectivity index (χ0v) is 8.29. The summed E-state index contributed by atoms with van der Waals surface area (Å²) in [4.78, 5) is 2.38. The van der Waals surface area contributed by atoms with Gasteiger partial charge in [-0.3, -0.25) is 0 Å². The van der Waals surface area contributed by atoms with E-state index < -0.39 is 0 Å². The molecule has 0 bridgehead atoms. The van der Waals surface area contributed by atoms with Gasteiger partial charge in [-0.15, -0.1) is 0 Å². The van der Waals surface area contributed by atoms with Gasteiger partial charge in [0.05, 0.1) is 0 Å². The summed E-state index contributed by atoms with van der Waals surface area (Å²) in [6.07, 6.45) is 6.24. The SMILES string of the molecule is C/C=C(\C=C/CN)N1CCNCC1. The fraction of sp³-hybridized carbons (Fsp3) is 0.600. The van der Waals surface area contributed by atoms with Gasteiger partial charge < -0.3 is 16.0 Å². The largest absolute Gasteiger partial charge is 0.369 e. The van der Waals surface area contributed by atoms with Crippen molar-refractivity contribution >= 4 is 0 Å². The molecule has 74 valence electrons. The van der Waals surface area contributed by atoms with E-state index in [1.807, 2.05) is 6.08 Å². The second-order valence-corrected chi connectivity index (χ2v) is 3.09. The highest BCUT2D eigenvalue weighted by Gasteiger charge is 2.09. The molecule has 0 spiro atoms. The van der Waals surface area contributed by atoms with Crippen LogP contribution in [0.15, 0.2) is 23.9 Å². The molecule has 0 unspecified atom stereocenters. The van der Waals surface area contributed by atoms with Crippen molar-refractivity contribution in [3.05, 3.63) is 23.9 Å². The van der Waals surface area contributed by atoms with Gasteiger partial charge in [0.1, 0.15) is 0 Å². The molecule has 0 aromatic heterocycles. The van der Waals surface area contributed by atoms with E-state index in [0.717, 1.165) is 26.2 Å². The van der Waals surface area contributed by atoms with Crippen molar-refractivity contribution in [1.82, 2.24) is 10.2 Å². The highest BCUT2D eigenvalue weighted by molar-refractivity contribution is 5.17. The van der Waals surface area contributed by atoms with E-state index in [1.54, 1.807) is 0 Å². The van der Waals surface area contributed by atoms with E-state index in [1.165, 1.54) is 5.70 Å². The normalized spacial score (nSPS) is 19.8. The Hall–Kier alpha value is -0.800. The zero-order chi connectivity index (χ0) is 9.52. The summed E-state index contributed by atoms with van der Waals surface area (Å²) >= 11 is 0. The lowest BCUT2D eigenvalue weighted by molar-refractivity contribution is 0.307. The Bertz CT molecular complexity index is 190. The molecule has 0 aromatic rings. The molecule has 0 aromatic carbocycles. The highest BCUT2D eigenvalue weighted by atomic mass is 15.2. The maximum atomic E-state index is 5.42. The number of rotatable bonds is 3. The lowest BCUT2D eigenvalue weighted by Gasteiger charge is -2.30. The maximum Gasteiger partial charge on any atom is 0.0321 e. The van der Waals surface area contributed by atoms with Crippen LogP contribution in [0.5, 0.6) is 0 Å². The molecular formula is C10H19N3. The van der Waals surface area contributed by atoms with Crippen LogP contribution in [0.1, 0.15) is 6.92 Å². The molecule has 0 amide bonds. The van der Waals surface area contributed by atoms with Crippen molar-refractivity contribution in [2.75, 3.05) is 32.7 Å². The minimum Gasteiger partial charge on any atom is -0.369 e. The lowest BCUT2D eigenvalue weighted by atomic mass is 10.2. The molecular weight excluding hydrogens is 162 g/mol. The summed E-state index contributed by atoms with van der Waals surface area (Å²) < 4.78 is 0. The molecule has 3 nitrogen and oxygen atoms in total. The smallest absolute Gasteiger partial charge is 0.0321 e. The summed E-state index contributed by atoms with van der Waals surface area (Å²) in [6, 6.07) is 0. The molecule has 1 heterocycles. The molecule has 0 aliphatic carbocycles. The van der Waals surface area contributed by atoms with Crippen LogP contribution in [0.3, 0.4) is 0 Å². The molecule has 1 saturated heterocycles. The molecule has 1 aliphatic heterocycles. The average Bonchev–Trinajstić information content (AvgIpc) is 2.21. The first-order valence-electron chi connectivity index (χ1n) is 4.87. The Morgan fingerprint density at radius 3 is 2.69 bits per heavy atom. The van der Waals surface area contributed by atoms with E-state index in [4.69, 9.17) is 5.73 Å². The van der Waals surface area contributed by atoms with E-state index in [2.05, 4.69) is 29.3 Å². The predicted octanol–water partition coefficient (Wildman–Crippen LogP) is 0.310. The third-order valence-electron chi connectivity index (χ3n) is 2.20. The molecule has 0 saturated carbocycles. The molecule has 1 aliphatic rings.